The maximum atomic E-state index is 12.4. The highest BCUT2D eigenvalue weighted by molar-refractivity contribution is 7.92. The molecule has 1 aromatic heterocycles. The summed E-state index contributed by atoms with van der Waals surface area (Å²) in [6.45, 7) is 2.51. The number of ether oxygens (including phenoxy) is 1. The van der Waals surface area contributed by atoms with E-state index in [0.29, 0.717) is 12.4 Å². The number of anilines is 2. The Morgan fingerprint density at radius 2 is 1.68 bits per heavy atom. The maximum absolute atomic E-state index is 12.4. The minimum absolute atomic E-state index is 0.169. The number of nitrogens with zero attached hydrogens (tertiary/aromatic N) is 2. The van der Waals surface area contributed by atoms with Crippen LogP contribution in [0.5, 0.6) is 5.75 Å². The van der Waals surface area contributed by atoms with E-state index in [4.69, 9.17) is 4.74 Å². The number of aromatic nitrogens is 2. The summed E-state index contributed by atoms with van der Waals surface area (Å²) >= 11 is 0. The van der Waals surface area contributed by atoms with Gasteiger partial charge in [0.15, 0.2) is 5.82 Å². The van der Waals surface area contributed by atoms with Crippen molar-refractivity contribution in [2.45, 2.75) is 18.2 Å². The number of aryl methyl sites for hydroxylation is 1. The second kappa shape index (κ2) is 8.71. The van der Waals surface area contributed by atoms with Gasteiger partial charge in [-0.05, 0) is 60.9 Å². The summed E-state index contributed by atoms with van der Waals surface area (Å²) < 4.78 is 32.4. The van der Waals surface area contributed by atoms with Crippen molar-refractivity contribution in [1.82, 2.24) is 10.2 Å². The van der Waals surface area contributed by atoms with Gasteiger partial charge in [-0.2, -0.15) is 0 Å². The van der Waals surface area contributed by atoms with Crippen LogP contribution in [0.2, 0.25) is 0 Å². The smallest absolute Gasteiger partial charge is 0.263 e. The SMILES string of the molecule is COc1ccc(CCNc2ccc(NS(=O)(=O)c3cccc(C)c3)nn2)cc1. The van der Waals surface area contributed by atoms with Gasteiger partial charge in [0, 0.05) is 6.54 Å². The molecule has 2 aromatic carbocycles. The number of hydrogen-bond acceptors (Lipinski definition) is 6. The molecule has 3 rings (SSSR count). The van der Waals surface area contributed by atoms with Gasteiger partial charge >= 0.3 is 0 Å². The maximum Gasteiger partial charge on any atom is 0.263 e. The van der Waals surface area contributed by atoms with Gasteiger partial charge in [0.25, 0.3) is 10.0 Å². The molecule has 3 aromatic rings. The van der Waals surface area contributed by atoms with Gasteiger partial charge in [0.05, 0.1) is 12.0 Å². The topological polar surface area (TPSA) is 93.2 Å². The van der Waals surface area contributed by atoms with E-state index < -0.39 is 10.0 Å². The molecule has 7 nitrogen and oxygen atoms in total. The largest absolute Gasteiger partial charge is 0.497 e. The lowest BCUT2D eigenvalue weighted by atomic mass is 10.1. The highest BCUT2D eigenvalue weighted by atomic mass is 32.2. The zero-order valence-corrected chi connectivity index (χ0v) is 16.5. The van der Waals surface area contributed by atoms with Gasteiger partial charge < -0.3 is 10.1 Å². The summed E-state index contributed by atoms with van der Waals surface area (Å²) in [6, 6.07) is 17.8. The van der Waals surface area contributed by atoms with Crippen LogP contribution in [-0.4, -0.2) is 32.3 Å². The van der Waals surface area contributed by atoms with E-state index in [2.05, 4.69) is 20.2 Å². The first-order valence-electron chi connectivity index (χ1n) is 8.76. The van der Waals surface area contributed by atoms with Crippen LogP contribution in [0, 0.1) is 6.92 Å². The van der Waals surface area contributed by atoms with E-state index in [1.165, 1.54) is 11.6 Å². The molecule has 0 saturated carbocycles. The van der Waals surface area contributed by atoms with E-state index >= 15 is 0 Å². The number of hydrogen-bond donors (Lipinski definition) is 2. The Morgan fingerprint density at radius 3 is 2.32 bits per heavy atom. The van der Waals surface area contributed by atoms with Crippen molar-refractivity contribution < 1.29 is 13.2 Å². The Balaban J connectivity index is 1.55. The van der Waals surface area contributed by atoms with E-state index in [1.807, 2.05) is 37.3 Å². The van der Waals surface area contributed by atoms with Crippen LogP contribution in [0.4, 0.5) is 11.6 Å². The quantitative estimate of drug-likeness (QED) is 0.605. The number of methoxy groups -OCH3 is 1. The molecule has 0 spiro atoms. The van der Waals surface area contributed by atoms with Crippen LogP contribution in [-0.2, 0) is 16.4 Å². The van der Waals surface area contributed by atoms with Crippen molar-refractivity contribution in [2.24, 2.45) is 0 Å². The molecule has 8 heteroatoms. The molecule has 0 bridgehead atoms. The third-order valence-corrected chi connectivity index (χ3v) is 5.43. The van der Waals surface area contributed by atoms with Gasteiger partial charge in [0.1, 0.15) is 11.6 Å². The average Bonchev–Trinajstić information content (AvgIpc) is 2.70. The van der Waals surface area contributed by atoms with Crippen LogP contribution in [0.1, 0.15) is 11.1 Å². The molecular formula is C20H22N4O3S. The highest BCUT2D eigenvalue weighted by Crippen LogP contribution is 2.16. The van der Waals surface area contributed by atoms with Crippen molar-refractivity contribution in [3.05, 3.63) is 71.8 Å². The van der Waals surface area contributed by atoms with E-state index in [1.54, 1.807) is 31.4 Å². The molecular weight excluding hydrogens is 376 g/mol. The molecule has 146 valence electrons. The van der Waals surface area contributed by atoms with Gasteiger partial charge in [-0.25, -0.2) is 8.42 Å². The standard InChI is InChI=1S/C20H22N4O3S/c1-15-4-3-5-18(14-15)28(25,26)24-20-11-10-19(22-23-20)21-13-12-16-6-8-17(27-2)9-7-16/h3-11,14H,12-13H2,1-2H3,(H,21,22)(H,23,24). The van der Waals surface area contributed by atoms with Gasteiger partial charge in [-0.15, -0.1) is 10.2 Å². The second-order valence-electron chi connectivity index (χ2n) is 6.25. The lowest BCUT2D eigenvalue weighted by molar-refractivity contribution is 0.414. The predicted octanol–water partition coefficient (Wildman–Crippen LogP) is 3.25. The molecule has 0 aliphatic heterocycles. The van der Waals surface area contributed by atoms with Crippen LogP contribution in [0.15, 0.2) is 65.6 Å². The lowest BCUT2D eigenvalue weighted by Gasteiger charge is -2.09. The zero-order valence-electron chi connectivity index (χ0n) is 15.7. The normalized spacial score (nSPS) is 11.1. The summed E-state index contributed by atoms with van der Waals surface area (Å²) in [5.41, 5.74) is 2.04. The second-order valence-corrected chi connectivity index (χ2v) is 7.93. The molecule has 1 heterocycles. The Morgan fingerprint density at radius 1 is 0.964 bits per heavy atom. The minimum atomic E-state index is -3.69. The van der Waals surface area contributed by atoms with E-state index in [-0.39, 0.29) is 10.7 Å². The van der Waals surface area contributed by atoms with Gasteiger partial charge in [-0.3, -0.25) is 4.72 Å². The van der Waals surface area contributed by atoms with Gasteiger partial charge in [0.2, 0.25) is 0 Å². The Kier molecular flexibility index (Phi) is 6.10. The molecule has 0 amide bonds. The van der Waals surface area contributed by atoms with Crippen LogP contribution in [0.25, 0.3) is 0 Å². The molecule has 2 N–H and O–H groups in total. The van der Waals surface area contributed by atoms with Crippen LogP contribution in [0.3, 0.4) is 0 Å². The lowest BCUT2D eigenvalue weighted by Crippen LogP contribution is -2.15. The van der Waals surface area contributed by atoms with Crippen LogP contribution < -0.4 is 14.8 Å². The van der Waals surface area contributed by atoms with Crippen molar-refractivity contribution >= 4 is 21.7 Å². The monoisotopic (exact) mass is 398 g/mol. The summed E-state index contributed by atoms with van der Waals surface area (Å²) in [6.07, 6.45) is 0.813. The molecule has 0 radical (unpaired) electrons. The minimum Gasteiger partial charge on any atom is -0.497 e. The average molecular weight is 398 g/mol. The van der Waals surface area contributed by atoms with E-state index in [9.17, 15) is 8.42 Å². The summed E-state index contributed by atoms with van der Waals surface area (Å²) in [4.78, 5) is 0.191. The fourth-order valence-electron chi connectivity index (χ4n) is 2.59. The number of rotatable bonds is 8. The van der Waals surface area contributed by atoms with Crippen molar-refractivity contribution in [2.75, 3.05) is 23.7 Å². The molecule has 0 fully saturated rings. The predicted molar refractivity (Wildman–Crippen MR) is 109 cm³/mol. The van der Waals surface area contributed by atoms with Crippen molar-refractivity contribution in [3.8, 4) is 5.75 Å². The molecule has 0 atom stereocenters. The van der Waals surface area contributed by atoms with Crippen molar-refractivity contribution in [3.63, 3.8) is 0 Å². The van der Waals surface area contributed by atoms with Crippen LogP contribution >= 0.6 is 0 Å². The van der Waals surface area contributed by atoms with Crippen molar-refractivity contribution in [1.29, 1.82) is 0 Å². The first-order valence-corrected chi connectivity index (χ1v) is 10.2. The highest BCUT2D eigenvalue weighted by Gasteiger charge is 2.15. The fourth-order valence-corrected chi connectivity index (χ4v) is 3.69. The number of benzene rings is 2. The molecule has 28 heavy (non-hydrogen) atoms. The first kappa shape index (κ1) is 19.6. The zero-order chi connectivity index (χ0) is 20.0. The Hall–Kier alpha value is -3.13. The summed E-state index contributed by atoms with van der Waals surface area (Å²) in [5, 5.41) is 11.1. The van der Waals surface area contributed by atoms with E-state index in [0.717, 1.165) is 17.7 Å². The first-order chi connectivity index (χ1) is 13.5. The molecule has 0 unspecified atom stereocenters. The number of sulfonamides is 1. The molecule has 0 aliphatic carbocycles. The third-order valence-electron chi connectivity index (χ3n) is 4.08. The Labute approximate surface area is 164 Å². The summed E-state index contributed by atoms with van der Waals surface area (Å²) in [7, 11) is -2.05. The summed E-state index contributed by atoms with van der Waals surface area (Å²) in [5.74, 6) is 1.57. The van der Waals surface area contributed by atoms with Gasteiger partial charge in [-0.1, -0.05) is 24.3 Å². The fraction of sp³-hybridized carbons (Fsp3) is 0.200. The molecule has 0 aliphatic rings. The third kappa shape index (κ3) is 5.20. The molecule has 0 saturated heterocycles. The Bertz CT molecular complexity index is 1020. The number of nitrogens with one attached hydrogen (secondary N) is 2.